The van der Waals surface area contributed by atoms with Crippen molar-refractivity contribution in [2.75, 3.05) is 31.2 Å². The predicted octanol–water partition coefficient (Wildman–Crippen LogP) is -3.25. The Bertz CT molecular complexity index is 1070. The molecule has 0 bridgehead atoms. The van der Waals surface area contributed by atoms with Gasteiger partial charge >= 0.3 is 59.1 Å². The number of benzene rings is 2. The topological polar surface area (TPSA) is 164 Å². The summed E-state index contributed by atoms with van der Waals surface area (Å²) in [5.74, 6) is 0. The molecule has 0 aliphatic carbocycles. The fourth-order valence-corrected chi connectivity index (χ4v) is 3.83. The van der Waals surface area contributed by atoms with E-state index < -0.39 is 9.84 Å². The Kier molecular flexibility index (Phi) is 20.7. The second kappa shape index (κ2) is 20.8. The van der Waals surface area contributed by atoms with Gasteiger partial charge in [0.05, 0.1) is 29.5 Å². The summed E-state index contributed by atoms with van der Waals surface area (Å²) in [6.45, 7) is 6.27. The van der Waals surface area contributed by atoms with E-state index in [2.05, 4.69) is 35.6 Å². The fourth-order valence-electron chi connectivity index (χ4n) is 2.67. The molecule has 0 aromatic heterocycles. The molecular weight excluding hydrogens is 572 g/mol. The Hall–Kier alpha value is -0.0900. The average molecular weight is 594 g/mol. The van der Waals surface area contributed by atoms with E-state index in [1.165, 1.54) is 12.1 Å². The molecule has 13 nitrogen and oxygen atoms in total. The number of hydrogen-bond donors (Lipinski definition) is 0. The van der Waals surface area contributed by atoms with E-state index in [9.17, 15) is 18.9 Å². The van der Waals surface area contributed by atoms with E-state index in [4.69, 9.17) is 8.37 Å². The SMILES string of the molecule is C=CS(=O)(=O)c1cccc(N=Nc2ccc(N(CCOSOO[O-])CCOSOO[O-])cc2C)c1.[Na+].[Na+]. The molecule has 192 valence electrons. The van der Waals surface area contributed by atoms with Gasteiger partial charge in [0.1, 0.15) is 0 Å². The van der Waals surface area contributed by atoms with Crippen LogP contribution in [0.5, 0.6) is 0 Å². The van der Waals surface area contributed by atoms with Gasteiger partial charge in [-0.3, -0.25) is 18.4 Å². The second-order valence-electron chi connectivity index (χ2n) is 6.42. The minimum atomic E-state index is -3.58. The van der Waals surface area contributed by atoms with Gasteiger partial charge in [-0.1, -0.05) is 12.6 Å². The predicted molar refractivity (Wildman–Crippen MR) is 123 cm³/mol. The number of aryl methyl sites for hydroxylation is 1. The molecule has 0 N–H and O–H groups in total. The smallest absolute Gasteiger partial charge is 0.691 e. The Labute approximate surface area is 267 Å². The first-order valence-corrected chi connectivity index (χ1v) is 12.5. The number of sulfone groups is 1. The standard InChI is InChI=1S/C19H23N3O10S3.2Na/c1-3-35(25,26)18-6-4-5-16(14-18)20-21-19-8-7-17(13-15(19)2)22(9-11-27-33-31-29-23)10-12-28-34-32-30-24;;/h3-8,13-14,23-24H,1,9-12H2,2H3;;/q;2*+1/p-2. The molecule has 0 aliphatic rings. The maximum absolute atomic E-state index is 12.0. The Balaban J connectivity index is 0.00000648. The molecule has 18 heteroatoms. The molecular formula is C19H21N3Na2O10S3. The Morgan fingerprint density at radius 1 is 0.973 bits per heavy atom. The summed E-state index contributed by atoms with van der Waals surface area (Å²) >= 11 is 0.802. The van der Waals surface area contributed by atoms with Crippen LogP contribution in [0.2, 0.25) is 0 Å². The minimum absolute atomic E-state index is 0. The van der Waals surface area contributed by atoms with Crippen LogP contribution in [0.25, 0.3) is 0 Å². The van der Waals surface area contributed by atoms with Crippen LogP contribution in [0.3, 0.4) is 0 Å². The molecule has 0 spiro atoms. The average Bonchev–Trinajstić information content (AvgIpc) is 2.86. The maximum atomic E-state index is 12.0. The zero-order valence-corrected chi connectivity index (χ0v) is 26.8. The number of hydrogen-bond acceptors (Lipinski definition) is 15. The van der Waals surface area contributed by atoms with E-state index in [1.807, 2.05) is 17.9 Å². The normalized spacial score (nSPS) is 11.1. The van der Waals surface area contributed by atoms with Gasteiger partial charge in [0.15, 0.2) is 34.5 Å². The molecule has 2 aromatic rings. The van der Waals surface area contributed by atoms with Gasteiger partial charge in [-0.2, -0.15) is 10.2 Å². The number of azo groups is 1. The van der Waals surface area contributed by atoms with Crippen LogP contribution in [0.15, 0.2) is 69.6 Å². The summed E-state index contributed by atoms with van der Waals surface area (Å²) in [6, 6.07) is 11.5. The van der Waals surface area contributed by atoms with Crippen molar-refractivity contribution in [2.24, 2.45) is 10.2 Å². The van der Waals surface area contributed by atoms with Crippen molar-refractivity contribution in [1.29, 1.82) is 0 Å². The fraction of sp³-hybridized carbons (Fsp3) is 0.263. The van der Waals surface area contributed by atoms with Crippen molar-refractivity contribution in [2.45, 2.75) is 11.8 Å². The molecule has 0 radical (unpaired) electrons. The van der Waals surface area contributed by atoms with Crippen molar-refractivity contribution in [3.05, 3.63) is 60.0 Å². The van der Waals surface area contributed by atoms with E-state index >= 15 is 0 Å². The molecule has 0 aliphatic heterocycles. The van der Waals surface area contributed by atoms with Crippen molar-refractivity contribution in [3.63, 3.8) is 0 Å². The quantitative estimate of drug-likeness (QED) is 0.0449. The van der Waals surface area contributed by atoms with Crippen LogP contribution in [-0.4, -0.2) is 34.7 Å². The molecule has 0 unspecified atom stereocenters. The van der Waals surface area contributed by atoms with Crippen LogP contribution in [0.4, 0.5) is 17.1 Å². The van der Waals surface area contributed by atoms with Crippen molar-refractivity contribution < 1.29 is 105 Å². The third-order valence-electron chi connectivity index (χ3n) is 4.28. The summed E-state index contributed by atoms with van der Waals surface area (Å²) in [7, 11) is -3.58. The molecule has 0 saturated heterocycles. The van der Waals surface area contributed by atoms with Gasteiger partial charge in [-0.15, -0.1) is 8.67 Å². The summed E-state index contributed by atoms with van der Waals surface area (Å²) in [6.07, 6.45) is 0. The molecule has 0 heterocycles. The Morgan fingerprint density at radius 2 is 1.59 bits per heavy atom. The number of nitrogens with zero attached hydrogens (tertiary/aromatic N) is 3. The van der Waals surface area contributed by atoms with E-state index in [0.717, 1.165) is 16.7 Å². The largest absolute Gasteiger partial charge is 1.00 e. The Morgan fingerprint density at radius 3 is 2.14 bits per heavy atom. The summed E-state index contributed by atoms with van der Waals surface area (Å²) in [5.41, 5.74) is 2.54. The van der Waals surface area contributed by atoms with Crippen LogP contribution in [0, 0.1) is 6.92 Å². The first-order valence-electron chi connectivity index (χ1n) is 9.65. The van der Waals surface area contributed by atoms with Gasteiger partial charge < -0.3 is 15.4 Å². The van der Waals surface area contributed by atoms with Crippen LogP contribution >= 0.6 is 24.6 Å². The van der Waals surface area contributed by atoms with Crippen LogP contribution < -0.4 is 74.5 Å². The van der Waals surface area contributed by atoms with Crippen molar-refractivity contribution in [3.8, 4) is 0 Å². The summed E-state index contributed by atoms with van der Waals surface area (Å²) in [5, 5.41) is 35.3. The summed E-state index contributed by atoms with van der Waals surface area (Å²) < 4.78 is 42.2. The molecule has 0 fully saturated rings. The third kappa shape index (κ3) is 13.7. The second-order valence-corrected chi connectivity index (χ2v) is 9.33. The van der Waals surface area contributed by atoms with Gasteiger partial charge in [0.25, 0.3) is 0 Å². The number of anilines is 1. The third-order valence-corrected chi connectivity index (χ3v) is 6.38. The maximum Gasteiger partial charge on any atom is 1.00 e. The molecule has 2 aromatic carbocycles. The molecule has 0 saturated carbocycles. The van der Waals surface area contributed by atoms with Gasteiger partial charge in [0.2, 0.25) is 0 Å². The summed E-state index contributed by atoms with van der Waals surface area (Å²) in [4.78, 5) is 1.97. The van der Waals surface area contributed by atoms with Crippen LogP contribution in [0.1, 0.15) is 5.56 Å². The first-order chi connectivity index (χ1) is 16.9. The van der Waals surface area contributed by atoms with E-state index in [-0.39, 0.29) is 77.2 Å². The van der Waals surface area contributed by atoms with Gasteiger partial charge in [0, 0.05) is 24.2 Å². The zero-order valence-electron chi connectivity index (χ0n) is 20.3. The number of rotatable bonds is 17. The van der Waals surface area contributed by atoms with Crippen molar-refractivity contribution in [1.82, 2.24) is 0 Å². The van der Waals surface area contributed by atoms with E-state index in [0.29, 0.717) is 49.1 Å². The molecule has 0 atom stereocenters. The van der Waals surface area contributed by atoms with Crippen molar-refractivity contribution >= 4 is 51.5 Å². The molecule has 2 rings (SSSR count). The molecule has 37 heavy (non-hydrogen) atoms. The van der Waals surface area contributed by atoms with Crippen LogP contribution in [-0.2, 0) is 36.9 Å². The van der Waals surface area contributed by atoms with Gasteiger partial charge in [-0.25, -0.2) is 8.42 Å². The molecule has 0 amide bonds. The van der Waals surface area contributed by atoms with E-state index in [1.54, 1.807) is 24.3 Å². The first kappa shape index (κ1) is 36.9. The zero-order chi connectivity index (χ0) is 25.5. The van der Waals surface area contributed by atoms with Gasteiger partial charge in [-0.05, 0) is 48.9 Å². The monoisotopic (exact) mass is 593 g/mol. The minimum Gasteiger partial charge on any atom is -0.691 e.